The van der Waals surface area contributed by atoms with Crippen molar-refractivity contribution in [1.82, 2.24) is 0 Å². The molecule has 5 heteroatoms. The molecule has 0 aliphatic carbocycles. The van der Waals surface area contributed by atoms with Gasteiger partial charge in [0.1, 0.15) is 5.75 Å². The van der Waals surface area contributed by atoms with Crippen molar-refractivity contribution in [3.63, 3.8) is 0 Å². The minimum absolute atomic E-state index is 0.208. The van der Waals surface area contributed by atoms with E-state index in [0.717, 1.165) is 0 Å². The maximum atomic E-state index is 12.0. The number of hydrogen-bond acceptors (Lipinski definition) is 3. The summed E-state index contributed by atoms with van der Waals surface area (Å²) in [5.41, 5.74) is 1.37. The molecule has 4 nitrogen and oxygen atoms in total. The number of ketones is 1. The zero-order chi connectivity index (χ0) is 14.6. The van der Waals surface area contributed by atoms with E-state index in [1.807, 2.05) is 6.92 Å². The normalized spacial score (nSPS) is 10.1. The van der Waals surface area contributed by atoms with Gasteiger partial charge in [-0.1, -0.05) is 25.1 Å². The van der Waals surface area contributed by atoms with Crippen molar-refractivity contribution in [3.8, 4) is 5.75 Å². The predicted octanol–water partition coefficient (Wildman–Crippen LogP) is 3.26. The van der Waals surface area contributed by atoms with Crippen LogP contribution in [-0.4, -0.2) is 23.5 Å². The zero-order valence-electron chi connectivity index (χ0n) is 10.8. The molecule has 0 spiro atoms. The number of carboxylic acid groups (broad SMARTS) is 1. The van der Waals surface area contributed by atoms with Crippen LogP contribution in [-0.2, 0) is 4.79 Å². The number of allylic oxidation sites excluding steroid dienone is 1. The second-order valence-corrected chi connectivity index (χ2v) is 4.40. The molecule has 0 bridgehead atoms. The maximum Gasteiger partial charge on any atom is 0.341 e. The largest absolute Gasteiger partial charge is 0.482 e. The Morgan fingerprint density at radius 2 is 2.05 bits per heavy atom. The first kappa shape index (κ1) is 15.2. The molecule has 0 atom stereocenters. The molecule has 0 aliphatic rings. The first-order chi connectivity index (χ1) is 8.88. The lowest BCUT2D eigenvalue weighted by atomic mass is 10.0. The summed E-state index contributed by atoms with van der Waals surface area (Å²) in [7, 11) is 0. The van der Waals surface area contributed by atoms with E-state index in [-0.39, 0.29) is 10.8 Å². The number of hydrogen-bond donors (Lipinski definition) is 1. The van der Waals surface area contributed by atoms with Crippen molar-refractivity contribution in [2.24, 2.45) is 0 Å². The summed E-state index contributed by atoms with van der Waals surface area (Å²) in [6.07, 6.45) is 0.547. The molecule has 19 heavy (non-hydrogen) atoms. The third-order valence-corrected chi connectivity index (χ3v) is 3.17. The molecule has 0 aliphatic heterocycles. The molecule has 0 fully saturated rings. The fourth-order valence-electron chi connectivity index (χ4n) is 1.49. The topological polar surface area (TPSA) is 63.6 Å². The highest BCUT2D eigenvalue weighted by atomic mass is 35.5. The molecule has 0 saturated carbocycles. The SMILES string of the molecule is C=C(CC)C(=O)c1ccc(OCC(=O)O)c(C)c1Cl. The van der Waals surface area contributed by atoms with E-state index in [0.29, 0.717) is 28.9 Å². The van der Waals surface area contributed by atoms with Crippen LogP contribution in [0.2, 0.25) is 5.02 Å². The Balaban J connectivity index is 3.07. The third-order valence-electron chi connectivity index (χ3n) is 2.68. The van der Waals surface area contributed by atoms with Gasteiger partial charge in [0.15, 0.2) is 12.4 Å². The molecule has 0 unspecified atom stereocenters. The first-order valence-corrected chi connectivity index (χ1v) is 6.12. The van der Waals surface area contributed by atoms with Gasteiger partial charge in [-0.25, -0.2) is 4.79 Å². The van der Waals surface area contributed by atoms with Gasteiger partial charge in [-0.3, -0.25) is 4.79 Å². The van der Waals surface area contributed by atoms with Gasteiger partial charge in [0, 0.05) is 11.1 Å². The standard InChI is InChI=1S/C14H15ClO4/c1-4-8(2)14(18)10-5-6-11(9(3)13(10)15)19-7-12(16)17/h5-6H,2,4,7H2,1,3H3,(H,16,17). The lowest BCUT2D eigenvalue weighted by Gasteiger charge is -2.12. The number of ether oxygens (including phenoxy) is 1. The van der Waals surface area contributed by atoms with E-state index in [2.05, 4.69) is 6.58 Å². The van der Waals surface area contributed by atoms with Gasteiger partial charge >= 0.3 is 5.97 Å². The van der Waals surface area contributed by atoms with E-state index in [1.165, 1.54) is 6.07 Å². The number of benzene rings is 1. The molecule has 1 aromatic carbocycles. The Labute approximate surface area is 116 Å². The van der Waals surface area contributed by atoms with Gasteiger partial charge in [0.05, 0.1) is 5.02 Å². The van der Waals surface area contributed by atoms with E-state index < -0.39 is 12.6 Å². The lowest BCUT2D eigenvalue weighted by molar-refractivity contribution is -0.139. The first-order valence-electron chi connectivity index (χ1n) is 5.74. The van der Waals surface area contributed by atoms with E-state index in [1.54, 1.807) is 13.0 Å². The average molecular weight is 283 g/mol. The molecule has 0 saturated heterocycles. The van der Waals surface area contributed by atoms with Crippen LogP contribution < -0.4 is 4.74 Å². The van der Waals surface area contributed by atoms with Crippen LogP contribution in [0.3, 0.4) is 0 Å². The molecule has 0 heterocycles. The van der Waals surface area contributed by atoms with Crippen molar-refractivity contribution < 1.29 is 19.4 Å². The second-order valence-electron chi connectivity index (χ2n) is 4.02. The van der Waals surface area contributed by atoms with Crippen LogP contribution >= 0.6 is 11.6 Å². The van der Waals surface area contributed by atoms with Crippen molar-refractivity contribution in [1.29, 1.82) is 0 Å². The van der Waals surface area contributed by atoms with Gasteiger partial charge in [-0.2, -0.15) is 0 Å². The number of carboxylic acids is 1. The number of halogens is 1. The molecule has 1 N–H and O–H groups in total. The number of rotatable bonds is 6. The van der Waals surface area contributed by atoms with E-state index >= 15 is 0 Å². The summed E-state index contributed by atoms with van der Waals surface area (Å²) >= 11 is 6.12. The minimum atomic E-state index is -1.07. The summed E-state index contributed by atoms with van der Waals surface area (Å²) in [4.78, 5) is 22.5. The van der Waals surface area contributed by atoms with Crippen molar-refractivity contribution in [2.75, 3.05) is 6.61 Å². The summed E-state index contributed by atoms with van der Waals surface area (Å²) in [5, 5.41) is 8.82. The molecular formula is C14H15ClO4. The quantitative estimate of drug-likeness (QED) is 0.642. The number of aliphatic carboxylic acids is 1. The smallest absolute Gasteiger partial charge is 0.341 e. The van der Waals surface area contributed by atoms with Crippen molar-refractivity contribution >= 4 is 23.4 Å². The number of carbonyl (C=O) groups excluding carboxylic acids is 1. The highest BCUT2D eigenvalue weighted by molar-refractivity contribution is 6.35. The molecule has 0 radical (unpaired) electrons. The Morgan fingerprint density at radius 3 is 2.58 bits per heavy atom. The number of carbonyl (C=O) groups is 2. The van der Waals surface area contributed by atoms with Crippen LogP contribution in [0, 0.1) is 6.92 Å². The Bertz CT molecular complexity index is 534. The molecule has 102 valence electrons. The fourth-order valence-corrected chi connectivity index (χ4v) is 1.73. The Kier molecular flexibility index (Phi) is 5.12. The molecular weight excluding hydrogens is 268 g/mol. The zero-order valence-corrected chi connectivity index (χ0v) is 11.6. The summed E-state index contributed by atoms with van der Waals surface area (Å²) < 4.78 is 5.08. The van der Waals surface area contributed by atoms with Crippen molar-refractivity contribution in [2.45, 2.75) is 20.3 Å². The van der Waals surface area contributed by atoms with Crippen LogP contribution in [0.25, 0.3) is 0 Å². The van der Waals surface area contributed by atoms with E-state index in [4.69, 9.17) is 21.4 Å². The highest BCUT2D eigenvalue weighted by Gasteiger charge is 2.17. The highest BCUT2D eigenvalue weighted by Crippen LogP contribution is 2.30. The van der Waals surface area contributed by atoms with Gasteiger partial charge < -0.3 is 9.84 Å². The predicted molar refractivity (Wildman–Crippen MR) is 73.1 cm³/mol. The lowest BCUT2D eigenvalue weighted by Crippen LogP contribution is -2.11. The minimum Gasteiger partial charge on any atom is -0.482 e. The van der Waals surface area contributed by atoms with E-state index in [9.17, 15) is 9.59 Å². The maximum absolute atomic E-state index is 12.0. The van der Waals surface area contributed by atoms with Crippen LogP contribution in [0.5, 0.6) is 5.75 Å². The number of Topliss-reactive ketones (excluding diaryl/α,β-unsaturated/α-hetero) is 1. The van der Waals surface area contributed by atoms with Crippen molar-refractivity contribution in [3.05, 3.63) is 40.4 Å². The monoisotopic (exact) mass is 282 g/mol. The summed E-state index contributed by atoms with van der Waals surface area (Å²) in [5.74, 6) is -0.929. The molecule has 0 amide bonds. The summed E-state index contributed by atoms with van der Waals surface area (Å²) in [6, 6.07) is 3.07. The van der Waals surface area contributed by atoms with Gasteiger partial charge in [-0.15, -0.1) is 0 Å². The van der Waals surface area contributed by atoms with Crippen LogP contribution in [0.4, 0.5) is 0 Å². The summed E-state index contributed by atoms with van der Waals surface area (Å²) in [6.45, 7) is 6.74. The Morgan fingerprint density at radius 1 is 1.42 bits per heavy atom. The molecule has 0 aromatic heterocycles. The molecule has 1 rings (SSSR count). The average Bonchev–Trinajstić information content (AvgIpc) is 2.38. The van der Waals surface area contributed by atoms with Gasteiger partial charge in [-0.05, 0) is 31.1 Å². The van der Waals surface area contributed by atoms with Crippen LogP contribution in [0.1, 0.15) is 29.3 Å². The second kappa shape index (κ2) is 6.38. The van der Waals surface area contributed by atoms with Crippen LogP contribution in [0.15, 0.2) is 24.3 Å². The van der Waals surface area contributed by atoms with Gasteiger partial charge in [0.25, 0.3) is 0 Å². The fraction of sp³-hybridized carbons (Fsp3) is 0.286. The molecule has 1 aromatic rings. The Hall–Kier alpha value is -1.81. The van der Waals surface area contributed by atoms with Gasteiger partial charge in [0.2, 0.25) is 0 Å². The third kappa shape index (κ3) is 3.58.